The van der Waals surface area contributed by atoms with Crippen molar-refractivity contribution in [3.05, 3.63) is 24.3 Å². The first kappa shape index (κ1) is 16.8. The quantitative estimate of drug-likeness (QED) is 0.566. The second kappa shape index (κ2) is 9.63. The first-order valence-corrected chi connectivity index (χ1v) is 7.00. The number of rotatable bonds is 8. The van der Waals surface area contributed by atoms with Crippen molar-refractivity contribution in [2.45, 2.75) is 32.6 Å². The van der Waals surface area contributed by atoms with Crippen LogP contribution in [-0.4, -0.2) is 25.5 Å². The van der Waals surface area contributed by atoms with E-state index in [1.165, 1.54) is 0 Å². The molecule has 6 nitrogen and oxygen atoms in total. The molecule has 116 valence electrons. The predicted octanol–water partition coefficient (Wildman–Crippen LogP) is 1.80. The van der Waals surface area contributed by atoms with Gasteiger partial charge in [0, 0.05) is 6.42 Å². The molecule has 0 bridgehead atoms. The largest absolute Gasteiger partial charge is 0.497 e. The summed E-state index contributed by atoms with van der Waals surface area (Å²) in [5.41, 5.74) is 4.67. The highest BCUT2D eigenvalue weighted by molar-refractivity contribution is 5.82. The highest BCUT2D eigenvalue weighted by Crippen LogP contribution is 2.16. The Morgan fingerprint density at radius 2 is 1.62 bits per heavy atom. The van der Waals surface area contributed by atoms with E-state index in [1.54, 1.807) is 31.4 Å². The van der Waals surface area contributed by atoms with E-state index in [1.807, 2.05) is 0 Å². The maximum absolute atomic E-state index is 11.5. The standard InChI is InChI=1S/C15H22N2O4/c1-3-4-5-6-14(18)16-17-15(19)11-21-13-9-7-12(20-2)8-10-13/h7-10H,3-6,11H2,1-2H3,(H,16,18)(H,17,19). The lowest BCUT2D eigenvalue weighted by Crippen LogP contribution is -2.43. The summed E-state index contributed by atoms with van der Waals surface area (Å²) in [7, 11) is 1.58. The first-order chi connectivity index (χ1) is 10.2. The molecule has 0 unspecified atom stereocenters. The smallest absolute Gasteiger partial charge is 0.276 e. The number of amides is 2. The summed E-state index contributed by atoms with van der Waals surface area (Å²) >= 11 is 0. The Labute approximate surface area is 124 Å². The van der Waals surface area contributed by atoms with Crippen molar-refractivity contribution in [3.63, 3.8) is 0 Å². The molecular formula is C15H22N2O4. The van der Waals surface area contributed by atoms with E-state index in [4.69, 9.17) is 9.47 Å². The van der Waals surface area contributed by atoms with E-state index in [2.05, 4.69) is 17.8 Å². The SMILES string of the molecule is CCCCCC(=O)NNC(=O)COc1ccc(OC)cc1. The topological polar surface area (TPSA) is 76.7 Å². The van der Waals surface area contributed by atoms with Gasteiger partial charge in [-0.3, -0.25) is 20.4 Å². The Hall–Kier alpha value is -2.24. The summed E-state index contributed by atoms with van der Waals surface area (Å²) < 4.78 is 10.3. The van der Waals surface area contributed by atoms with Crippen LogP contribution in [0.2, 0.25) is 0 Å². The third kappa shape index (κ3) is 7.20. The van der Waals surface area contributed by atoms with Crippen LogP contribution in [-0.2, 0) is 9.59 Å². The minimum absolute atomic E-state index is 0.165. The van der Waals surface area contributed by atoms with Crippen molar-refractivity contribution in [1.82, 2.24) is 10.9 Å². The monoisotopic (exact) mass is 294 g/mol. The Morgan fingerprint density at radius 3 is 2.24 bits per heavy atom. The van der Waals surface area contributed by atoms with Crippen LogP contribution in [0.1, 0.15) is 32.6 Å². The van der Waals surface area contributed by atoms with Gasteiger partial charge in [-0.25, -0.2) is 0 Å². The van der Waals surface area contributed by atoms with E-state index < -0.39 is 5.91 Å². The minimum atomic E-state index is -0.408. The lowest BCUT2D eigenvalue weighted by molar-refractivity contribution is -0.130. The van der Waals surface area contributed by atoms with Crippen LogP contribution in [0.25, 0.3) is 0 Å². The van der Waals surface area contributed by atoms with Gasteiger partial charge in [0.2, 0.25) is 5.91 Å². The van der Waals surface area contributed by atoms with Gasteiger partial charge in [-0.05, 0) is 30.7 Å². The molecule has 0 atom stereocenters. The highest BCUT2D eigenvalue weighted by Gasteiger charge is 2.05. The first-order valence-electron chi connectivity index (χ1n) is 7.00. The Kier molecular flexibility index (Phi) is 7.71. The second-order valence-corrected chi connectivity index (χ2v) is 4.52. The minimum Gasteiger partial charge on any atom is -0.497 e. The van der Waals surface area contributed by atoms with Crippen molar-refractivity contribution >= 4 is 11.8 Å². The van der Waals surface area contributed by atoms with Gasteiger partial charge in [0.05, 0.1) is 7.11 Å². The van der Waals surface area contributed by atoms with E-state index in [0.717, 1.165) is 19.3 Å². The lowest BCUT2D eigenvalue weighted by atomic mass is 10.2. The number of hydrogen-bond donors (Lipinski definition) is 2. The molecular weight excluding hydrogens is 272 g/mol. The van der Waals surface area contributed by atoms with Crippen molar-refractivity contribution in [1.29, 1.82) is 0 Å². The van der Waals surface area contributed by atoms with Gasteiger partial charge in [-0.15, -0.1) is 0 Å². The number of nitrogens with one attached hydrogen (secondary N) is 2. The third-order valence-electron chi connectivity index (χ3n) is 2.78. The molecule has 2 N–H and O–H groups in total. The number of ether oxygens (including phenoxy) is 2. The summed E-state index contributed by atoms with van der Waals surface area (Å²) in [6.07, 6.45) is 3.28. The summed E-state index contributed by atoms with van der Waals surface area (Å²) in [5, 5.41) is 0. The normalized spacial score (nSPS) is 9.81. The van der Waals surface area contributed by atoms with Crippen LogP contribution in [0.3, 0.4) is 0 Å². The van der Waals surface area contributed by atoms with Crippen LogP contribution >= 0.6 is 0 Å². The number of benzene rings is 1. The van der Waals surface area contributed by atoms with Crippen molar-refractivity contribution in [3.8, 4) is 11.5 Å². The van der Waals surface area contributed by atoms with Gasteiger partial charge in [0.25, 0.3) is 5.91 Å². The average Bonchev–Trinajstić information content (AvgIpc) is 2.51. The van der Waals surface area contributed by atoms with E-state index in [0.29, 0.717) is 17.9 Å². The number of methoxy groups -OCH3 is 1. The zero-order valence-corrected chi connectivity index (χ0v) is 12.5. The number of unbranched alkanes of at least 4 members (excludes halogenated alkanes) is 2. The summed E-state index contributed by atoms with van der Waals surface area (Å²) in [6.45, 7) is 1.90. The fourth-order valence-electron chi connectivity index (χ4n) is 1.59. The van der Waals surface area contributed by atoms with Gasteiger partial charge in [0.15, 0.2) is 6.61 Å². The fraction of sp³-hybridized carbons (Fsp3) is 0.467. The molecule has 0 saturated carbocycles. The molecule has 1 aromatic rings. The maximum Gasteiger partial charge on any atom is 0.276 e. The van der Waals surface area contributed by atoms with Crippen LogP contribution in [0.5, 0.6) is 11.5 Å². The molecule has 0 aliphatic rings. The van der Waals surface area contributed by atoms with E-state index in [9.17, 15) is 9.59 Å². The van der Waals surface area contributed by atoms with Crippen molar-refractivity contribution < 1.29 is 19.1 Å². The molecule has 0 heterocycles. The van der Waals surface area contributed by atoms with Crippen LogP contribution in [0.15, 0.2) is 24.3 Å². The number of carbonyl (C=O) groups excluding carboxylic acids is 2. The Bertz CT molecular complexity index is 445. The fourth-order valence-corrected chi connectivity index (χ4v) is 1.59. The molecule has 1 rings (SSSR count). The molecule has 0 saturated heterocycles. The number of hydrazine groups is 1. The predicted molar refractivity (Wildman–Crippen MR) is 78.9 cm³/mol. The van der Waals surface area contributed by atoms with Crippen LogP contribution in [0.4, 0.5) is 0 Å². The lowest BCUT2D eigenvalue weighted by Gasteiger charge is -2.09. The molecule has 0 aromatic heterocycles. The summed E-state index contributed by atoms with van der Waals surface area (Å²) in [4.78, 5) is 22.9. The Morgan fingerprint density at radius 1 is 1.00 bits per heavy atom. The van der Waals surface area contributed by atoms with Gasteiger partial charge < -0.3 is 9.47 Å². The van der Waals surface area contributed by atoms with E-state index in [-0.39, 0.29) is 12.5 Å². The van der Waals surface area contributed by atoms with Crippen molar-refractivity contribution in [2.24, 2.45) is 0 Å². The number of carbonyl (C=O) groups is 2. The molecule has 1 aromatic carbocycles. The summed E-state index contributed by atoms with van der Waals surface area (Å²) in [6, 6.07) is 6.89. The molecule has 21 heavy (non-hydrogen) atoms. The van der Waals surface area contributed by atoms with Gasteiger partial charge in [-0.1, -0.05) is 19.8 Å². The van der Waals surface area contributed by atoms with Crippen LogP contribution in [0, 0.1) is 0 Å². The maximum atomic E-state index is 11.5. The molecule has 0 aliphatic heterocycles. The molecule has 0 spiro atoms. The third-order valence-corrected chi connectivity index (χ3v) is 2.78. The molecule has 0 aliphatic carbocycles. The molecule has 0 radical (unpaired) electrons. The van der Waals surface area contributed by atoms with Gasteiger partial charge in [-0.2, -0.15) is 0 Å². The van der Waals surface area contributed by atoms with E-state index >= 15 is 0 Å². The van der Waals surface area contributed by atoms with Crippen molar-refractivity contribution in [2.75, 3.05) is 13.7 Å². The highest BCUT2D eigenvalue weighted by atomic mass is 16.5. The second-order valence-electron chi connectivity index (χ2n) is 4.52. The number of hydrogen-bond acceptors (Lipinski definition) is 4. The Balaban J connectivity index is 2.19. The van der Waals surface area contributed by atoms with Gasteiger partial charge in [0.1, 0.15) is 11.5 Å². The molecule has 2 amide bonds. The summed E-state index contributed by atoms with van der Waals surface area (Å²) in [5.74, 6) is 0.669. The zero-order valence-electron chi connectivity index (χ0n) is 12.5. The zero-order chi connectivity index (χ0) is 15.5. The molecule has 6 heteroatoms. The average molecular weight is 294 g/mol. The van der Waals surface area contributed by atoms with Crippen LogP contribution < -0.4 is 20.3 Å². The van der Waals surface area contributed by atoms with Gasteiger partial charge >= 0.3 is 0 Å². The molecule has 0 fully saturated rings.